The predicted octanol–water partition coefficient (Wildman–Crippen LogP) is 3.13. The molecule has 1 atom stereocenters. The predicted molar refractivity (Wildman–Crippen MR) is 69.0 cm³/mol. The van der Waals surface area contributed by atoms with Gasteiger partial charge in [0.05, 0.1) is 0 Å². The number of ether oxygens (including phenoxy) is 1. The van der Waals surface area contributed by atoms with Crippen LogP contribution >= 0.6 is 11.3 Å². The van der Waals surface area contributed by atoms with E-state index in [9.17, 15) is 0 Å². The summed E-state index contributed by atoms with van der Waals surface area (Å²) < 4.78 is 5.45. The second kappa shape index (κ2) is 5.80. The van der Waals surface area contributed by atoms with Crippen molar-refractivity contribution in [3.05, 3.63) is 21.9 Å². The molecule has 0 bridgehead atoms. The zero-order chi connectivity index (χ0) is 11.4. The van der Waals surface area contributed by atoms with Crippen LogP contribution in [-0.2, 0) is 4.74 Å². The molecule has 1 aliphatic rings. The summed E-state index contributed by atoms with van der Waals surface area (Å²) in [4.78, 5) is 0. The molecule has 1 aromatic heterocycles. The van der Waals surface area contributed by atoms with Crippen LogP contribution in [0, 0.1) is 12.8 Å². The van der Waals surface area contributed by atoms with Crippen molar-refractivity contribution in [2.45, 2.75) is 32.7 Å². The number of hydrogen-bond donors (Lipinski definition) is 1. The summed E-state index contributed by atoms with van der Waals surface area (Å²) in [7, 11) is 0. The Morgan fingerprint density at radius 2 is 2.19 bits per heavy atom. The minimum atomic E-state index is 0.528. The maximum absolute atomic E-state index is 5.45. The van der Waals surface area contributed by atoms with Gasteiger partial charge in [0.15, 0.2) is 0 Å². The molecule has 1 aliphatic heterocycles. The maximum Gasteiger partial charge on any atom is 0.0469 e. The van der Waals surface area contributed by atoms with E-state index in [-0.39, 0.29) is 0 Å². The first-order chi connectivity index (χ1) is 7.83. The molecule has 3 heteroatoms. The lowest BCUT2D eigenvalue weighted by molar-refractivity contribution is 0.0538. The van der Waals surface area contributed by atoms with Gasteiger partial charge in [0.2, 0.25) is 0 Å². The number of aryl methyl sites for hydroxylation is 1. The topological polar surface area (TPSA) is 21.3 Å². The van der Waals surface area contributed by atoms with E-state index >= 15 is 0 Å². The van der Waals surface area contributed by atoms with Crippen molar-refractivity contribution in [1.29, 1.82) is 0 Å². The van der Waals surface area contributed by atoms with E-state index in [2.05, 4.69) is 29.9 Å². The Morgan fingerprint density at radius 1 is 1.44 bits per heavy atom. The fourth-order valence-corrected chi connectivity index (χ4v) is 3.38. The molecule has 1 saturated heterocycles. The zero-order valence-corrected chi connectivity index (χ0v) is 11.0. The van der Waals surface area contributed by atoms with Gasteiger partial charge in [-0.2, -0.15) is 11.3 Å². The quantitative estimate of drug-likeness (QED) is 0.871. The van der Waals surface area contributed by atoms with E-state index in [1.54, 1.807) is 0 Å². The molecule has 0 amide bonds. The van der Waals surface area contributed by atoms with Gasteiger partial charge in [-0.3, -0.25) is 0 Å². The minimum absolute atomic E-state index is 0.528. The van der Waals surface area contributed by atoms with Crippen LogP contribution in [0.4, 0.5) is 0 Å². The fourth-order valence-electron chi connectivity index (χ4n) is 2.49. The Kier molecular flexibility index (Phi) is 4.38. The third kappa shape index (κ3) is 2.65. The van der Waals surface area contributed by atoms with Gasteiger partial charge < -0.3 is 10.1 Å². The number of hydrogen-bond acceptors (Lipinski definition) is 3. The van der Waals surface area contributed by atoms with Crippen molar-refractivity contribution in [3.8, 4) is 0 Å². The van der Waals surface area contributed by atoms with Crippen LogP contribution in [0.2, 0.25) is 0 Å². The summed E-state index contributed by atoms with van der Waals surface area (Å²) in [6.07, 6.45) is 2.37. The summed E-state index contributed by atoms with van der Waals surface area (Å²) in [5.74, 6) is 0.738. The summed E-state index contributed by atoms with van der Waals surface area (Å²) in [5.41, 5.74) is 2.93. The van der Waals surface area contributed by atoms with Crippen LogP contribution in [0.15, 0.2) is 10.8 Å². The summed E-state index contributed by atoms with van der Waals surface area (Å²) in [6, 6.07) is 0.528. The molecular formula is C13H21NOS. The maximum atomic E-state index is 5.45. The van der Waals surface area contributed by atoms with Crippen LogP contribution in [0.5, 0.6) is 0 Å². The van der Waals surface area contributed by atoms with Gasteiger partial charge in [-0.05, 0) is 54.1 Å². The first-order valence-corrected chi connectivity index (χ1v) is 7.11. The van der Waals surface area contributed by atoms with Crippen LogP contribution in [-0.4, -0.2) is 19.8 Å². The SMILES string of the molecule is CCNC(c1cscc1C)C1CCOCC1. The van der Waals surface area contributed by atoms with E-state index < -0.39 is 0 Å². The minimum Gasteiger partial charge on any atom is -0.381 e. The molecule has 2 heterocycles. The van der Waals surface area contributed by atoms with Gasteiger partial charge >= 0.3 is 0 Å². The summed E-state index contributed by atoms with van der Waals surface area (Å²) >= 11 is 1.81. The van der Waals surface area contributed by atoms with Crippen molar-refractivity contribution >= 4 is 11.3 Å². The van der Waals surface area contributed by atoms with Gasteiger partial charge in [-0.25, -0.2) is 0 Å². The lowest BCUT2D eigenvalue weighted by atomic mass is 9.87. The molecule has 1 unspecified atom stereocenters. The Morgan fingerprint density at radius 3 is 2.75 bits per heavy atom. The average Bonchev–Trinajstić information content (AvgIpc) is 2.73. The second-order valence-electron chi connectivity index (χ2n) is 4.50. The third-order valence-corrected chi connectivity index (χ3v) is 4.27. The van der Waals surface area contributed by atoms with Crippen molar-refractivity contribution < 1.29 is 4.74 Å². The average molecular weight is 239 g/mol. The molecule has 1 fully saturated rings. The molecule has 0 spiro atoms. The highest BCUT2D eigenvalue weighted by atomic mass is 32.1. The highest BCUT2D eigenvalue weighted by Gasteiger charge is 2.25. The third-order valence-electron chi connectivity index (χ3n) is 3.39. The number of thiophene rings is 1. The van der Waals surface area contributed by atoms with Gasteiger partial charge in [-0.1, -0.05) is 6.92 Å². The number of nitrogens with one attached hydrogen (secondary N) is 1. The molecule has 90 valence electrons. The molecule has 0 aromatic carbocycles. The van der Waals surface area contributed by atoms with Gasteiger partial charge in [-0.15, -0.1) is 0 Å². The van der Waals surface area contributed by atoms with E-state index in [0.717, 1.165) is 25.7 Å². The van der Waals surface area contributed by atoms with E-state index in [1.807, 2.05) is 11.3 Å². The second-order valence-corrected chi connectivity index (χ2v) is 5.24. The highest BCUT2D eigenvalue weighted by molar-refractivity contribution is 7.08. The fraction of sp³-hybridized carbons (Fsp3) is 0.692. The van der Waals surface area contributed by atoms with Gasteiger partial charge in [0.1, 0.15) is 0 Å². The Hall–Kier alpha value is -0.380. The van der Waals surface area contributed by atoms with Crippen LogP contribution in [0.25, 0.3) is 0 Å². The van der Waals surface area contributed by atoms with Crippen molar-refractivity contribution in [2.24, 2.45) is 5.92 Å². The molecular weight excluding hydrogens is 218 g/mol. The van der Waals surface area contributed by atoms with E-state index in [1.165, 1.54) is 24.0 Å². The van der Waals surface area contributed by atoms with Crippen LogP contribution in [0.3, 0.4) is 0 Å². The van der Waals surface area contributed by atoms with E-state index in [0.29, 0.717) is 6.04 Å². The van der Waals surface area contributed by atoms with E-state index in [4.69, 9.17) is 4.74 Å². The molecule has 1 aromatic rings. The lowest BCUT2D eigenvalue weighted by Crippen LogP contribution is -2.32. The first kappa shape index (κ1) is 12.1. The lowest BCUT2D eigenvalue weighted by Gasteiger charge is -2.31. The largest absolute Gasteiger partial charge is 0.381 e. The molecule has 0 aliphatic carbocycles. The van der Waals surface area contributed by atoms with Crippen molar-refractivity contribution in [1.82, 2.24) is 5.32 Å². The molecule has 16 heavy (non-hydrogen) atoms. The van der Waals surface area contributed by atoms with Crippen molar-refractivity contribution in [3.63, 3.8) is 0 Å². The van der Waals surface area contributed by atoms with Crippen molar-refractivity contribution in [2.75, 3.05) is 19.8 Å². The zero-order valence-electron chi connectivity index (χ0n) is 10.2. The monoisotopic (exact) mass is 239 g/mol. The normalized spacial score (nSPS) is 19.9. The van der Waals surface area contributed by atoms with Gasteiger partial charge in [0.25, 0.3) is 0 Å². The molecule has 2 nitrogen and oxygen atoms in total. The standard InChI is InChI=1S/C13H21NOS/c1-3-14-13(11-4-6-15-7-5-11)12-9-16-8-10(12)2/h8-9,11,13-14H,3-7H2,1-2H3. The first-order valence-electron chi connectivity index (χ1n) is 6.16. The Labute approximate surface area is 102 Å². The summed E-state index contributed by atoms with van der Waals surface area (Å²) in [6.45, 7) is 7.30. The highest BCUT2D eigenvalue weighted by Crippen LogP contribution is 2.33. The molecule has 1 N–H and O–H groups in total. The molecule has 0 radical (unpaired) electrons. The van der Waals surface area contributed by atoms with Gasteiger partial charge in [0, 0.05) is 19.3 Å². The summed E-state index contributed by atoms with van der Waals surface area (Å²) in [5, 5.41) is 8.20. The molecule has 0 saturated carbocycles. The molecule has 2 rings (SSSR count). The Bertz CT molecular complexity index is 317. The smallest absolute Gasteiger partial charge is 0.0469 e. The number of rotatable bonds is 4. The van der Waals surface area contributed by atoms with Crippen LogP contribution in [0.1, 0.15) is 36.9 Å². The van der Waals surface area contributed by atoms with Crippen LogP contribution < -0.4 is 5.32 Å². The Balaban J connectivity index is 2.12.